The van der Waals surface area contributed by atoms with E-state index in [4.69, 9.17) is 9.68 Å². The van der Waals surface area contributed by atoms with E-state index in [1.165, 1.54) is 6.26 Å². The van der Waals surface area contributed by atoms with Gasteiger partial charge in [0.25, 0.3) is 5.91 Å². The largest absolute Gasteiger partial charge is 0.459 e. The quantitative estimate of drug-likeness (QED) is 0.713. The van der Waals surface area contributed by atoms with Crippen molar-refractivity contribution in [3.05, 3.63) is 24.2 Å². The van der Waals surface area contributed by atoms with Gasteiger partial charge in [0.2, 0.25) is 5.91 Å². The minimum atomic E-state index is -0.700. The molecule has 1 aliphatic heterocycles. The highest BCUT2D eigenvalue weighted by Gasteiger charge is 2.28. The summed E-state index contributed by atoms with van der Waals surface area (Å²) in [4.78, 5) is 40.2. The second kappa shape index (κ2) is 9.62. The molecule has 27 heavy (non-hydrogen) atoms. The molecule has 1 aromatic heterocycles. The third-order valence-corrected chi connectivity index (χ3v) is 4.25. The van der Waals surface area contributed by atoms with Crippen LogP contribution < -0.4 is 10.6 Å². The SMILES string of the molecule is CC(C)C[C@H](NC(=O)N1CCN(C(=O)c2ccco2)CC1)C(=O)NCC#N. The molecule has 0 aromatic carbocycles. The first-order chi connectivity index (χ1) is 12.9. The van der Waals surface area contributed by atoms with Gasteiger partial charge < -0.3 is 24.9 Å². The Hall–Kier alpha value is -3.02. The van der Waals surface area contributed by atoms with Gasteiger partial charge >= 0.3 is 6.03 Å². The second-order valence-corrected chi connectivity index (χ2v) is 6.76. The Morgan fingerprint density at radius 2 is 1.89 bits per heavy atom. The Bertz CT molecular complexity index is 687. The molecule has 0 aliphatic carbocycles. The monoisotopic (exact) mass is 375 g/mol. The molecule has 1 aliphatic rings. The Morgan fingerprint density at radius 3 is 2.44 bits per heavy atom. The maximum absolute atomic E-state index is 12.5. The summed E-state index contributed by atoms with van der Waals surface area (Å²) in [6, 6.07) is 4.07. The van der Waals surface area contributed by atoms with Crippen molar-refractivity contribution in [3.63, 3.8) is 0 Å². The summed E-state index contributed by atoms with van der Waals surface area (Å²) in [5.74, 6) is -0.0937. The van der Waals surface area contributed by atoms with Crippen LogP contribution in [0.1, 0.15) is 30.8 Å². The highest BCUT2D eigenvalue weighted by molar-refractivity contribution is 5.91. The number of amides is 4. The van der Waals surface area contributed by atoms with Crippen LogP contribution in [-0.2, 0) is 4.79 Å². The lowest BCUT2D eigenvalue weighted by Crippen LogP contribution is -2.56. The fraction of sp³-hybridized carbons (Fsp3) is 0.556. The zero-order chi connectivity index (χ0) is 19.8. The molecule has 2 heterocycles. The molecule has 2 N–H and O–H groups in total. The molecule has 0 radical (unpaired) electrons. The molecule has 0 bridgehead atoms. The third kappa shape index (κ3) is 5.74. The predicted molar refractivity (Wildman–Crippen MR) is 96.6 cm³/mol. The molecule has 0 unspecified atom stereocenters. The summed E-state index contributed by atoms with van der Waals surface area (Å²) >= 11 is 0. The summed E-state index contributed by atoms with van der Waals surface area (Å²) in [6.45, 7) is 5.33. The first-order valence-corrected chi connectivity index (χ1v) is 8.95. The van der Waals surface area contributed by atoms with Crippen LogP contribution in [-0.4, -0.2) is 66.4 Å². The van der Waals surface area contributed by atoms with E-state index in [1.807, 2.05) is 19.9 Å². The molecular weight excluding hydrogens is 350 g/mol. The third-order valence-electron chi connectivity index (χ3n) is 4.25. The molecule has 2 rings (SSSR count). The van der Waals surface area contributed by atoms with E-state index in [0.717, 1.165) is 0 Å². The number of urea groups is 1. The number of carbonyl (C=O) groups excluding carboxylic acids is 3. The minimum Gasteiger partial charge on any atom is -0.459 e. The van der Waals surface area contributed by atoms with Gasteiger partial charge in [0.1, 0.15) is 12.6 Å². The summed E-state index contributed by atoms with van der Waals surface area (Å²) in [7, 11) is 0. The van der Waals surface area contributed by atoms with Crippen molar-refractivity contribution in [1.29, 1.82) is 5.26 Å². The van der Waals surface area contributed by atoms with Crippen molar-refractivity contribution in [2.24, 2.45) is 5.92 Å². The molecule has 146 valence electrons. The zero-order valence-corrected chi connectivity index (χ0v) is 15.6. The molecule has 0 saturated carbocycles. The number of nitrogens with one attached hydrogen (secondary N) is 2. The number of hydrogen-bond donors (Lipinski definition) is 2. The lowest BCUT2D eigenvalue weighted by atomic mass is 10.0. The standard InChI is InChI=1S/C18H25N5O4/c1-13(2)12-14(16(24)20-6-5-19)21-18(26)23-9-7-22(8-10-23)17(25)15-4-3-11-27-15/h3-4,11,13-14H,6-10,12H2,1-2H3,(H,20,24)(H,21,26)/t14-/m0/s1. The average Bonchev–Trinajstić information content (AvgIpc) is 3.19. The van der Waals surface area contributed by atoms with Gasteiger partial charge in [0, 0.05) is 26.2 Å². The van der Waals surface area contributed by atoms with Crippen LogP contribution in [0.4, 0.5) is 4.79 Å². The molecule has 1 saturated heterocycles. The fourth-order valence-corrected chi connectivity index (χ4v) is 2.86. The lowest BCUT2D eigenvalue weighted by Gasteiger charge is -2.35. The van der Waals surface area contributed by atoms with E-state index >= 15 is 0 Å². The van der Waals surface area contributed by atoms with Gasteiger partial charge in [0.15, 0.2) is 5.76 Å². The van der Waals surface area contributed by atoms with Crippen LogP contribution in [0, 0.1) is 17.2 Å². The van der Waals surface area contributed by atoms with Gasteiger partial charge in [-0.2, -0.15) is 5.26 Å². The van der Waals surface area contributed by atoms with Crippen molar-refractivity contribution in [1.82, 2.24) is 20.4 Å². The number of nitriles is 1. The van der Waals surface area contributed by atoms with Gasteiger partial charge in [-0.3, -0.25) is 9.59 Å². The molecule has 4 amide bonds. The molecule has 1 fully saturated rings. The summed E-state index contributed by atoms with van der Waals surface area (Å²) < 4.78 is 5.12. The maximum atomic E-state index is 12.5. The van der Waals surface area contributed by atoms with Gasteiger partial charge in [-0.15, -0.1) is 0 Å². The highest BCUT2D eigenvalue weighted by atomic mass is 16.3. The number of piperazine rings is 1. The number of furan rings is 1. The van der Waals surface area contributed by atoms with Crippen LogP contribution >= 0.6 is 0 Å². The van der Waals surface area contributed by atoms with Crippen LogP contribution in [0.3, 0.4) is 0 Å². The van der Waals surface area contributed by atoms with Crippen LogP contribution in [0.15, 0.2) is 22.8 Å². The number of nitrogens with zero attached hydrogens (tertiary/aromatic N) is 3. The van der Waals surface area contributed by atoms with Crippen molar-refractivity contribution >= 4 is 17.8 Å². The van der Waals surface area contributed by atoms with Crippen LogP contribution in [0.25, 0.3) is 0 Å². The first kappa shape index (κ1) is 20.3. The fourth-order valence-electron chi connectivity index (χ4n) is 2.86. The minimum absolute atomic E-state index is 0.100. The van der Waals surface area contributed by atoms with Gasteiger partial charge in [0.05, 0.1) is 12.3 Å². The van der Waals surface area contributed by atoms with E-state index in [-0.39, 0.29) is 36.1 Å². The van der Waals surface area contributed by atoms with Crippen molar-refractivity contribution in [3.8, 4) is 6.07 Å². The smallest absolute Gasteiger partial charge is 0.318 e. The second-order valence-electron chi connectivity index (χ2n) is 6.76. The first-order valence-electron chi connectivity index (χ1n) is 8.95. The Kier molecular flexibility index (Phi) is 7.23. The molecule has 1 aromatic rings. The van der Waals surface area contributed by atoms with Crippen LogP contribution in [0.5, 0.6) is 0 Å². The van der Waals surface area contributed by atoms with Gasteiger partial charge in [-0.1, -0.05) is 13.8 Å². The number of hydrogen-bond acceptors (Lipinski definition) is 5. The summed E-state index contributed by atoms with van der Waals surface area (Å²) in [5.41, 5.74) is 0. The normalized spacial score (nSPS) is 15.2. The molecular formula is C18H25N5O4. The lowest BCUT2D eigenvalue weighted by molar-refractivity contribution is -0.123. The Labute approximate surface area is 158 Å². The van der Waals surface area contributed by atoms with Gasteiger partial charge in [-0.25, -0.2) is 4.79 Å². The Balaban J connectivity index is 1.88. The molecule has 0 spiro atoms. The van der Waals surface area contributed by atoms with Crippen molar-refractivity contribution in [2.75, 3.05) is 32.7 Å². The molecule has 9 heteroatoms. The van der Waals surface area contributed by atoms with Crippen LogP contribution in [0.2, 0.25) is 0 Å². The summed E-state index contributed by atoms with van der Waals surface area (Å²) in [6.07, 6.45) is 1.92. The number of carbonyl (C=O) groups is 3. The van der Waals surface area contributed by atoms with Gasteiger partial charge in [-0.05, 0) is 24.5 Å². The van der Waals surface area contributed by atoms with E-state index in [0.29, 0.717) is 32.6 Å². The zero-order valence-electron chi connectivity index (χ0n) is 15.6. The van der Waals surface area contributed by atoms with Crippen molar-refractivity contribution in [2.45, 2.75) is 26.3 Å². The predicted octanol–water partition coefficient (Wildman–Crippen LogP) is 0.801. The Morgan fingerprint density at radius 1 is 1.22 bits per heavy atom. The van der Waals surface area contributed by atoms with Crippen molar-refractivity contribution < 1.29 is 18.8 Å². The number of rotatable bonds is 6. The highest BCUT2D eigenvalue weighted by Crippen LogP contribution is 2.11. The molecule has 1 atom stereocenters. The molecule has 9 nitrogen and oxygen atoms in total. The van der Waals surface area contributed by atoms with E-state index < -0.39 is 6.04 Å². The average molecular weight is 375 g/mol. The summed E-state index contributed by atoms with van der Waals surface area (Å²) in [5, 5.41) is 13.8. The van der Waals surface area contributed by atoms with E-state index in [2.05, 4.69) is 10.6 Å². The van der Waals surface area contributed by atoms with E-state index in [9.17, 15) is 14.4 Å². The topological polar surface area (TPSA) is 119 Å². The maximum Gasteiger partial charge on any atom is 0.318 e. The van der Waals surface area contributed by atoms with E-state index in [1.54, 1.807) is 21.9 Å².